The number of hydrogen-bond donors (Lipinski definition) is 0. The first-order valence-electron chi connectivity index (χ1n) is 9.97. The Morgan fingerprint density at radius 3 is 2.23 bits per heavy atom. The Balaban J connectivity index is 1.59. The quantitative estimate of drug-likeness (QED) is 0.239. The summed E-state index contributed by atoms with van der Waals surface area (Å²) in [4.78, 5) is 0. The zero-order chi connectivity index (χ0) is 20.1. The predicted molar refractivity (Wildman–Crippen MR) is 135 cm³/mol. The molecular formula is C28H17BrS. The second-order valence-corrected chi connectivity index (χ2v) is 9.50. The molecule has 0 bridgehead atoms. The Hall–Kier alpha value is -2.94. The van der Waals surface area contributed by atoms with E-state index < -0.39 is 0 Å². The van der Waals surface area contributed by atoms with Crippen molar-refractivity contribution in [2.75, 3.05) is 0 Å². The fourth-order valence-corrected chi connectivity index (χ4v) is 5.82. The summed E-state index contributed by atoms with van der Waals surface area (Å²) < 4.78 is 3.81. The third kappa shape index (κ3) is 2.87. The van der Waals surface area contributed by atoms with Gasteiger partial charge in [0.05, 0.1) is 0 Å². The van der Waals surface area contributed by atoms with E-state index in [1.807, 2.05) is 11.3 Å². The van der Waals surface area contributed by atoms with Crippen LogP contribution in [0.2, 0.25) is 0 Å². The molecule has 0 aliphatic heterocycles. The van der Waals surface area contributed by atoms with Crippen molar-refractivity contribution in [2.45, 2.75) is 0 Å². The van der Waals surface area contributed by atoms with Crippen molar-refractivity contribution in [1.29, 1.82) is 0 Å². The maximum absolute atomic E-state index is 3.53. The van der Waals surface area contributed by atoms with E-state index in [2.05, 4.69) is 119 Å². The number of benzene rings is 5. The van der Waals surface area contributed by atoms with E-state index in [1.54, 1.807) is 0 Å². The molecule has 0 amide bonds. The lowest BCUT2D eigenvalue weighted by atomic mass is 9.97. The molecule has 0 N–H and O–H groups in total. The summed E-state index contributed by atoms with van der Waals surface area (Å²) in [6.45, 7) is 0. The number of halogens is 1. The molecule has 0 aliphatic carbocycles. The summed E-state index contributed by atoms with van der Waals surface area (Å²) >= 11 is 5.43. The second kappa shape index (κ2) is 7.09. The smallest absolute Gasteiger partial charge is 0.0434 e. The van der Waals surface area contributed by atoms with Crippen LogP contribution in [0.4, 0.5) is 0 Å². The van der Waals surface area contributed by atoms with Gasteiger partial charge in [-0.05, 0) is 57.3 Å². The highest BCUT2D eigenvalue weighted by atomic mass is 79.9. The highest BCUT2D eigenvalue weighted by Crippen LogP contribution is 2.43. The zero-order valence-electron chi connectivity index (χ0n) is 16.1. The van der Waals surface area contributed by atoms with Crippen LogP contribution in [0, 0.1) is 0 Å². The van der Waals surface area contributed by atoms with Gasteiger partial charge in [-0.15, -0.1) is 11.3 Å². The minimum Gasteiger partial charge on any atom is -0.135 e. The molecule has 0 radical (unpaired) electrons. The van der Waals surface area contributed by atoms with Crippen LogP contribution in [-0.2, 0) is 0 Å². The van der Waals surface area contributed by atoms with Crippen LogP contribution in [0.25, 0.3) is 53.2 Å². The standard InChI is InChI=1S/C28H17BrS/c29-22-14-11-18(12-15-22)20-6-3-7-21(17-20)24-9-4-10-25-27-23-8-2-1-5-19(23)13-16-26(27)30-28(24)25/h1-17H. The summed E-state index contributed by atoms with van der Waals surface area (Å²) in [5, 5.41) is 5.35. The molecule has 6 aromatic rings. The van der Waals surface area contributed by atoms with Crippen LogP contribution >= 0.6 is 27.3 Å². The molecule has 30 heavy (non-hydrogen) atoms. The summed E-state index contributed by atoms with van der Waals surface area (Å²) in [6, 6.07) is 37.3. The molecule has 142 valence electrons. The van der Waals surface area contributed by atoms with Crippen LogP contribution in [-0.4, -0.2) is 0 Å². The van der Waals surface area contributed by atoms with Crippen molar-refractivity contribution < 1.29 is 0 Å². The molecule has 0 aliphatic rings. The number of rotatable bonds is 2. The van der Waals surface area contributed by atoms with Crippen LogP contribution in [0.1, 0.15) is 0 Å². The van der Waals surface area contributed by atoms with Crippen LogP contribution in [0.5, 0.6) is 0 Å². The molecule has 6 rings (SSSR count). The first-order valence-corrected chi connectivity index (χ1v) is 11.6. The average molecular weight is 465 g/mol. The van der Waals surface area contributed by atoms with E-state index >= 15 is 0 Å². The second-order valence-electron chi connectivity index (χ2n) is 7.53. The number of hydrogen-bond acceptors (Lipinski definition) is 1. The van der Waals surface area contributed by atoms with Crippen molar-refractivity contribution in [2.24, 2.45) is 0 Å². The molecule has 0 saturated heterocycles. The summed E-state index contributed by atoms with van der Waals surface area (Å²) in [5.41, 5.74) is 5.03. The lowest BCUT2D eigenvalue weighted by molar-refractivity contribution is 1.59. The maximum Gasteiger partial charge on any atom is 0.0434 e. The largest absolute Gasteiger partial charge is 0.135 e. The molecule has 0 fully saturated rings. The molecule has 5 aromatic carbocycles. The Kier molecular flexibility index (Phi) is 4.22. The first-order chi connectivity index (χ1) is 14.8. The molecule has 0 saturated carbocycles. The normalized spacial score (nSPS) is 11.5. The van der Waals surface area contributed by atoms with E-state index in [-0.39, 0.29) is 0 Å². The van der Waals surface area contributed by atoms with Gasteiger partial charge in [-0.2, -0.15) is 0 Å². The highest BCUT2D eigenvalue weighted by Gasteiger charge is 2.13. The Morgan fingerprint density at radius 1 is 0.567 bits per heavy atom. The molecule has 0 nitrogen and oxygen atoms in total. The minimum absolute atomic E-state index is 1.10. The molecule has 0 unspecified atom stereocenters. The Morgan fingerprint density at radius 2 is 1.33 bits per heavy atom. The van der Waals surface area contributed by atoms with Crippen molar-refractivity contribution in [3.05, 3.63) is 108 Å². The van der Waals surface area contributed by atoms with Gasteiger partial charge in [-0.1, -0.05) is 94.8 Å². The predicted octanol–water partition coefficient (Wildman–Crippen LogP) is 9.30. The van der Waals surface area contributed by atoms with Crippen molar-refractivity contribution >= 4 is 58.2 Å². The first kappa shape index (κ1) is 17.9. The number of fused-ring (bicyclic) bond motifs is 5. The molecule has 1 aromatic heterocycles. The van der Waals surface area contributed by atoms with E-state index in [1.165, 1.54) is 53.2 Å². The zero-order valence-corrected chi connectivity index (χ0v) is 18.5. The van der Waals surface area contributed by atoms with Crippen molar-refractivity contribution in [3.63, 3.8) is 0 Å². The van der Waals surface area contributed by atoms with Gasteiger partial charge < -0.3 is 0 Å². The topological polar surface area (TPSA) is 0 Å². The summed E-state index contributed by atoms with van der Waals surface area (Å²) in [5.74, 6) is 0. The molecule has 0 atom stereocenters. The van der Waals surface area contributed by atoms with E-state index in [4.69, 9.17) is 0 Å². The Labute approximate surface area is 187 Å². The molecular weight excluding hydrogens is 448 g/mol. The third-order valence-corrected chi connectivity index (χ3v) is 7.47. The summed E-state index contributed by atoms with van der Waals surface area (Å²) in [6.07, 6.45) is 0. The highest BCUT2D eigenvalue weighted by molar-refractivity contribution is 9.10. The van der Waals surface area contributed by atoms with Gasteiger partial charge >= 0.3 is 0 Å². The molecule has 2 heteroatoms. The SMILES string of the molecule is Brc1ccc(-c2cccc(-c3cccc4c3sc3ccc5ccccc5c34)c2)cc1. The van der Waals surface area contributed by atoms with Crippen molar-refractivity contribution in [3.8, 4) is 22.3 Å². The van der Waals surface area contributed by atoms with Crippen LogP contribution < -0.4 is 0 Å². The Bertz CT molecular complexity index is 1540. The van der Waals surface area contributed by atoms with Gasteiger partial charge in [0.2, 0.25) is 0 Å². The van der Waals surface area contributed by atoms with Gasteiger partial charge in [0.25, 0.3) is 0 Å². The molecule has 0 spiro atoms. The van der Waals surface area contributed by atoms with E-state index in [9.17, 15) is 0 Å². The van der Waals surface area contributed by atoms with Gasteiger partial charge in [0.1, 0.15) is 0 Å². The van der Waals surface area contributed by atoms with Crippen LogP contribution in [0.3, 0.4) is 0 Å². The lowest BCUT2D eigenvalue weighted by Gasteiger charge is -2.08. The third-order valence-electron chi connectivity index (χ3n) is 5.74. The van der Waals surface area contributed by atoms with E-state index in [0.29, 0.717) is 0 Å². The van der Waals surface area contributed by atoms with Crippen molar-refractivity contribution in [1.82, 2.24) is 0 Å². The molecule has 1 heterocycles. The minimum atomic E-state index is 1.10. The van der Waals surface area contributed by atoms with Gasteiger partial charge in [-0.3, -0.25) is 0 Å². The van der Waals surface area contributed by atoms with Gasteiger partial charge in [0, 0.05) is 24.6 Å². The van der Waals surface area contributed by atoms with Gasteiger partial charge in [-0.25, -0.2) is 0 Å². The van der Waals surface area contributed by atoms with Gasteiger partial charge in [0.15, 0.2) is 0 Å². The fraction of sp³-hybridized carbons (Fsp3) is 0. The monoisotopic (exact) mass is 464 g/mol. The maximum atomic E-state index is 3.53. The lowest BCUT2D eigenvalue weighted by Crippen LogP contribution is -1.82. The average Bonchev–Trinajstić information content (AvgIpc) is 3.19. The van der Waals surface area contributed by atoms with E-state index in [0.717, 1.165) is 4.47 Å². The van der Waals surface area contributed by atoms with Crippen LogP contribution in [0.15, 0.2) is 108 Å². The summed E-state index contributed by atoms with van der Waals surface area (Å²) in [7, 11) is 0. The fourth-order valence-electron chi connectivity index (χ4n) is 4.30. The number of thiophene rings is 1.